The van der Waals surface area contributed by atoms with E-state index in [4.69, 9.17) is 0 Å². The van der Waals surface area contributed by atoms with Gasteiger partial charge >= 0.3 is 0 Å². The maximum atomic E-state index is 11.0. The van der Waals surface area contributed by atoms with Crippen LogP contribution in [0.3, 0.4) is 0 Å². The fourth-order valence-electron chi connectivity index (χ4n) is 3.90. The standard InChI is InChI=1S/C18H24N6O2/c1-21-8-10-22(11-9-21)14-4-6-23(7-5-14)18-13-19-16-3-2-15(24(25)26)12-17(16)20-18/h2-3,12-14H,4-11H2,1H3. The molecule has 1 aromatic carbocycles. The predicted octanol–water partition coefficient (Wildman–Crippen LogP) is 1.75. The Hall–Kier alpha value is -2.32. The Labute approximate surface area is 152 Å². The fourth-order valence-corrected chi connectivity index (χ4v) is 3.90. The van der Waals surface area contributed by atoms with Gasteiger partial charge in [-0.2, -0.15) is 0 Å². The smallest absolute Gasteiger partial charge is 0.271 e. The molecule has 0 amide bonds. The second-order valence-corrected chi connectivity index (χ2v) is 7.22. The number of aromatic nitrogens is 2. The van der Waals surface area contributed by atoms with Crippen molar-refractivity contribution < 1.29 is 4.92 Å². The van der Waals surface area contributed by atoms with Gasteiger partial charge in [0.25, 0.3) is 5.69 Å². The number of anilines is 1. The van der Waals surface area contributed by atoms with Crippen molar-refractivity contribution in [3.8, 4) is 0 Å². The number of nitrogens with zero attached hydrogens (tertiary/aromatic N) is 6. The highest BCUT2D eigenvalue weighted by Gasteiger charge is 2.27. The molecule has 0 aliphatic carbocycles. The van der Waals surface area contributed by atoms with E-state index in [-0.39, 0.29) is 5.69 Å². The summed E-state index contributed by atoms with van der Waals surface area (Å²) in [5.41, 5.74) is 1.32. The molecule has 26 heavy (non-hydrogen) atoms. The average Bonchev–Trinajstić information content (AvgIpc) is 2.68. The summed E-state index contributed by atoms with van der Waals surface area (Å²) in [5, 5.41) is 11.0. The van der Waals surface area contributed by atoms with E-state index in [1.54, 1.807) is 12.3 Å². The van der Waals surface area contributed by atoms with Crippen LogP contribution in [0.2, 0.25) is 0 Å². The molecule has 0 radical (unpaired) electrons. The molecule has 2 aromatic rings. The molecule has 4 rings (SSSR count). The number of rotatable bonds is 3. The minimum atomic E-state index is -0.394. The van der Waals surface area contributed by atoms with E-state index in [1.807, 2.05) is 0 Å². The predicted molar refractivity (Wildman–Crippen MR) is 100 cm³/mol. The van der Waals surface area contributed by atoms with Crippen molar-refractivity contribution in [3.05, 3.63) is 34.5 Å². The third-order valence-electron chi connectivity index (χ3n) is 5.57. The maximum Gasteiger partial charge on any atom is 0.271 e. The van der Waals surface area contributed by atoms with Crippen molar-refractivity contribution in [3.63, 3.8) is 0 Å². The molecule has 0 saturated carbocycles. The first-order valence-electron chi connectivity index (χ1n) is 9.19. The summed E-state index contributed by atoms with van der Waals surface area (Å²) in [7, 11) is 2.18. The summed E-state index contributed by atoms with van der Waals surface area (Å²) in [6.07, 6.45) is 4.03. The lowest BCUT2D eigenvalue weighted by Crippen LogP contribution is -2.52. The first-order valence-corrected chi connectivity index (χ1v) is 9.19. The second kappa shape index (κ2) is 7.13. The number of nitro groups is 1. The van der Waals surface area contributed by atoms with E-state index < -0.39 is 4.92 Å². The maximum absolute atomic E-state index is 11.0. The number of nitro benzene ring substituents is 1. The van der Waals surface area contributed by atoms with Crippen molar-refractivity contribution in [2.24, 2.45) is 0 Å². The SMILES string of the molecule is CN1CCN(C2CCN(c3cnc4ccc([N+](=O)[O-])cc4n3)CC2)CC1. The van der Waals surface area contributed by atoms with Crippen molar-refractivity contribution in [2.45, 2.75) is 18.9 Å². The fraction of sp³-hybridized carbons (Fsp3) is 0.556. The first-order chi connectivity index (χ1) is 12.6. The highest BCUT2D eigenvalue weighted by Crippen LogP contribution is 2.24. The third-order valence-corrected chi connectivity index (χ3v) is 5.57. The summed E-state index contributed by atoms with van der Waals surface area (Å²) in [4.78, 5) is 26.9. The highest BCUT2D eigenvalue weighted by molar-refractivity contribution is 5.78. The van der Waals surface area contributed by atoms with Gasteiger partial charge in [0.1, 0.15) is 5.82 Å². The molecule has 2 fully saturated rings. The van der Waals surface area contributed by atoms with Crippen molar-refractivity contribution in [1.82, 2.24) is 19.8 Å². The number of piperidine rings is 1. The summed E-state index contributed by atoms with van der Waals surface area (Å²) in [5.74, 6) is 0.815. The molecule has 0 bridgehead atoms. The van der Waals surface area contributed by atoms with Crippen molar-refractivity contribution in [2.75, 3.05) is 51.2 Å². The zero-order chi connectivity index (χ0) is 18.1. The lowest BCUT2D eigenvalue weighted by atomic mass is 10.0. The Bertz CT molecular complexity index is 797. The van der Waals surface area contributed by atoms with Gasteiger partial charge in [-0.05, 0) is 26.0 Å². The van der Waals surface area contributed by atoms with E-state index in [9.17, 15) is 10.1 Å². The van der Waals surface area contributed by atoms with Crippen LogP contribution < -0.4 is 4.90 Å². The minimum absolute atomic E-state index is 0.0534. The van der Waals surface area contributed by atoms with E-state index in [0.717, 1.165) is 57.9 Å². The van der Waals surface area contributed by atoms with Crippen LogP contribution in [-0.2, 0) is 0 Å². The average molecular weight is 356 g/mol. The third kappa shape index (κ3) is 3.47. The normalized spacial score (nSPS) is 20.6. The first kappa shape index (κ1) is 17.1. The largest absolute Gasteiger partial charge is 0.355 e. The molecular weight excluding hydrogens is 332 g/mol. The molecule has 0 N–H and O–H groups in total. The van der Waals surface area contributed by atoms with Crippen molar-refractivity contribution in [1.29, 1.82) is 0 Å². The molecule has 1 aromatic heterocycles. The van der Waals surface area contributed by atoms with Crippen LogP contribution in [0.1, 0.15) is 12.8 Å². The topological polar surface area (TPSA) is 78.6 Å². The van der Waals surface area contributed by atoms with Crippen LogP contribution in [-0.4, -0.2) is 77.0 Å². The van der Waals surface area contributed by atoms with E-state index in [1.165, 1.54) is 12.1 Å². The van der Waals surface area contributed by atoms with Gasteiger partial charge in [0.15, 0.2) is 0 Å². The van der Waals surface area contributed by atoms with Gasteiger partial charge in [-0.3, -0.25) is 20.0 Å². The van der Waals surface area contributed by atoms with Gasteiger partial charge in [0.2, 0.25) is 0 Å². The van der Waals surface area contributed by atoms with Gasteiger partial charge in [-0.15, -0.1) is 0 Å². The van der Waals surface area contributed by atoms with Gasteiger partial charge in [-0.1, -0.05) is 0 Å². The Kier molecular flexibility index (Phi) is 4.69. The number of likely N-dealkylation sites (N-methyl/N-ethyl adjacent to an activating group) is 1. The lowest BCUT2D eigenvalue weighted by Gasteiger charge is -2.42. The van der Waals surface area contributed by atoms with E-state index in [0.29, 0.717) is 17.1 Å². The molecule has 2 aliphatic rings. The van der Waals surface area contributed by atoms with Crippen LogP contribution >= 0.6 is 0 Å². The Morgan fingerprint density at radius 1 is 1.08 bits per heavy atom. The molecular formula is C18H24N6O2. The summed E-state index contributed by atoms with van der Waals surface area (Å²) < 4.78 is 0. The molecule has 2 saturated heterocycles. The van der Waals surface area contributed by atoms with Gasteiger partial charge in [0, 0.05) is 57.4 Å². The van der Waals surface area contributed by atoms with E-state index >= 15 is 0 Å². The molecule has 8 heteroatoms. The zero-order valence-electron chi connectivity index (χ0n) is 15.0. The molecule has 2 aliphatic heterocycles. The number of piperazine rings is 1. The summed E-state index contributed by atoms with van der Waals surface area (Å²) in [6, 6.07) is 5.28. The summed E-state index contributed by atoms with van der Waals surface area (Å²) >= 11 is 0. The van der Waals surface area contributed by atoms with Gasteiger partial charge in [-0.25, -0.2) is 4.98 Å². The van der Waals surface area contributed by atoms with Crippen LogP contribution in [0, 0.1) is 10.1 Å². The van der Waals surface area contributed by atoms with Gasteiger partial charge < -0.3 is 9.80 Å². The van der Waals surface area contributed by atoms with Crippen LogP contribution in [0.25, 0.3) is 11.0 Å². The lowest BCUT2D eigenvalue weighted by molar-refractivity contribution is -0.384. The zero-order valence-corrected chi connectivity index (χ0v) is 15.0. The van der Waals surface area contributed by atoms with Crippen LogP contribution in [0.4, 0.5) is 11.5 Å². The highest BCUT2D eigenvalue weighted by atomic mass is 16.6. The number of non-ortho nitro benzene ring substituents is 1. The second-order valence-electron chi connectivity index (χ2n) is 7.22. The van der Waals surface area contributed by atoms with Crippen molar-refractivity contribution >= 4 is 22.5 Å². The molecule has 3 heterocycles. The molecule has 0 atom stereocenters. The Balaban J connectivity index is 1.44. The molecule has 0 unspecified atom stereocenters. The quantitative estimate of drug-likeness (QED) is 0.612. The van der Waals surface area contributed by atoms with Crippen LogP contribution in [0.15, 0.2) is 24.4 Å². The minimum Gasteiger partial charge on any atom is -0.355 e. The Morgan fingerprint density at radius 3 is 2.50 bits per heavy atom. The number of benzene rings is 1. The number of hydrogen-bond acceptors (Lipinski definition) is 7. The Morgan fingerprint density at radius 2 is 1.81 bits per heavy atom. The summed E-state index contributed by atoms with van der Waals surface area (Å²) in [6.45, 7) is 6.50. The molecule has 8 nitrogen and oxygen atoms in total. The molecule has 0 spiro atoms. The monoisotopic (exact) mass is 356 g/mol. The van der Waals surface area contributed by atoms with Gasteiger partial charge in [0.05, 0.1) is 22.2 Å². The number of hydrogen-bond donors (Lipinski definition) is 0. The molecule has 138 valence electrons. The van der Waals surface area contributed by atoms with E-state index in [2.05, 4.69) is 31.7 Å². The van der Waals surface area contributed by atoms with Crippen LogP contribution in [0.5, 0.6) is 0 Å². The number of fused-ring (bicyclic) bond motifs is 1.